The van der Waals surface area contributed by atoms with E-state index in [0.717, 1.165) is 8.47 Å². The maximum atomic E-state index is 13.4. The highest BCUT2D eigenvalue weighted by Crippen LogP contribution is 2.32. The van der Waals surface area contributed by atoms with E-state index < -0.39 is 28.3 Å². The molecule has 1 aliphatic heterocycles. The van der Waals surface area contributed by atoms with E-state index in [2.05, 4.69) is 22.6 Å². The Bertz CT molecular complexity index is 1030. The Morgan fingerprint density at radius 1 is 1.16 bits per heavy atom. The number of carbonyl (C=O) groups excluding carboxylic acids is 3. The largest absolute Gasteiger partial charge is 0.321 e. The molecule has 31 heavy (non-hydrogen) atoms. The van der Waals surface area contributed by atoms with Crippen molar-refractivity contribution in [2.24, 2.45) is 0 Å². The lowest BCUT2D eigenvalue weighted by Crippen LogP contribution is -2.55. The number of nitro benzene ring substituents is 1. The van der Waals surface area contributed by atoms with Crippen molar-refractivity contribution in [2.45, 2.75) is 45.2 Å². The first-order valence-corrected chi connectivity index (χ1v) is 10.8. The summed E-state index contributed by atoms with van der Waals surface area (Å²) in [6.07, 6.45) is 0.431. The highest BCUT2D eigenvalue weighted by Gasteiger charge is 2.48. The fourth-order valence-corrected chi connectivity index (χ4v) is 3.91. The van der Waals surface area contributed by atoms with Crippen molar-refractivity contribution in [3.63, 3.8) is 0 Å². The minimum atomic E-state index is -0.954. The number of rotatable bonds is 6. The van der Waals surface area contributed by atoms with Crippen LogP contribution in [-0.2, 0) is 9.59 Å². The van der Waals surface area contributed by atoms with Crippen molar-refractivity contribution < 1.29 is 19.3 Å². The fraction of sp³-hybridized carbons (Fsp3) is 0.318. The van der Waals surface area contributed by atoms with Crippen LogP contribution in [-0.4, -0.2) is 39.1 Å². The summed E-state index contributed by atoms with van der Waals surface area (Å²) in [5.41, 5.74) is -0.161. The summed E-state index contributed by atoms with van der Waals surface area (Å²) in [6.45, 7) is 5.57. The quantitative estimate of drug-likeness (QED) is 0.239. The Hall–Kier alpha value is -2.82. The summed E-state index contributed by atoms with van der Waals surface area (Å²) < 4.78 is 0.971. The third-order valence-corrected chi connectivity index (χ3v) is 6.30. The summed E-state index contributed by atoms with van der Waals surface area (Å²) in [7, 11) is 0. The van der Waals surface area contributed by atoms with Crippen LogP contribution in [0.1, 0.15) is 44.0 Å². The molecule has 1 atom stereocenters. The van der Waals surface area contributed by atoms with E-state index in [9.17, 15) is 24.5 Å². The number of nitro groups is 1. The molecule has 162 valence electrons. The van der Waals surface area contributed by atoms with Crippen LogP contribution in [0.25, 0.3) is 0 Å². The lowest BCUT2D eigenvalue weighted by Gasteiger charge is -2.41. The van der Waals surface area contributed by atoms with Crippen molar-refractivity contribution >= 4 is 51.7 Å². The molecule has 3 amide bonds. The van der Waals surface area contributed by atoms with Crippen molar-refractivity contribution in [1.82, 2.24) is 4.90 Å². The number of hydrogen-bond donors (Lipinski definition) is 0. The fourth-order valence-electron chi connectivity index (χ4n) is 3.55. The number of carbonyl (C=O) groups is 3. The molecule has 1 saturated heterocycles. The molecule has 0 bridgehead atoms. The molecule has 0 saturated carbocycles. The average molecular weight is 535 g/mol. The van der Waals surface area contributed by atoms with Gasteiger partial charge >= 0.3 is 0 Å². The van der Waals surface area contributed by atoms with E-state index in [1.807, 2.05) is 20.8 Å². The average Bonchev–Trinajstić information content (AvgIpc) is 3.02. The lowest BCUT2D eigenvalue weighted by molar-refractivity contribution is -0.384. The monoisotopic (exact) mass is 535 g/mol. The van der Waals surface area contributed by atoms with Crippen LogP contribution in [0.4, 0.5) is 11.4 Å². The van der Waals surface area contributed by atoms with Crippen molar-refractivity contribution in [3.8, 4) is 0 Å². The number of halogens is 1. The van der Waals surface area contributed by atoms with Crippen LogP contribution in [0.5, 0.6) is 0 Å². The van der Waals surface area contributed by atoms with Gasteiger partial charge in [-0.25, -0.2) is 4.90 Å². The molecule has 8 nitrogen and oxygen atoms in total. The molecule has 0 spiro atoms. The lowest BCUT2D eigenvalue weighted by atomic mass is 9.94. The molecule has 2 aromatic rings. The number of amides is 3. The Balaban J connectivity index is 1.98. The van der Waals surface area contributed by atoms with Gasteiger partial charge in [0.25, 0.3) is 17.5 Å². The van der Waals surface area contributed by atoms with E-state index in [1.54, 1.807) is 24.3 Å². The van der Waals surface area contributed by atoms with Gasteiger partial charge in [-0.3, -0.25) is 24.5 Å². The van der Waals surface area contributed by atoms with Crippen molar-refractivity contribution in [1.29, 1.82) is 0 Å². The normalized spacial score (nSPS) is 16.5. The molecule has 9 heteroatoms. The first-order valence-electron chi connectivity index (χ1n) is 9.77. The summed E-state index contributed by atoms with van der Waals surface area (Å²) >= 11 is 2.14. The second kappa shape index (κ2) is 8.74. The predicted octanol–water partition coefficient (Wildman–Crippen LogP) is 4.16. The molecule has 0 N–H and O–H groups in total. The Morgan fingerprint density at radius 2 is 1.74 bits per heavy atom. The summed E-state index contributed by atoms with van der Waals surface area (Å²) in [5, 5.41) is 10.9. The van der Waals surface area contributed by atoms with Gasteiger partial charge in [0.05, 0.1) is 17.0 Å². The van der Waals surface area contributed by atoms with Gasteiger partial charge in [0.2, 0.25) is 5.91 Å². The molecule has 2 aromatic carbocycles. The molecule has 1 heterocycles. The van der Waals surface area contributed by atoms with Crippen molar-refractivity contribution in [2.75, 3.05) is 4.90 Å². The van der Waals surface area contributed by atoms with Crippen LogP contribution >= 0.6 is 22.6 Å². The van der Waals surface area contributed by atoms with Crippen LogP contribution in [0.15, 0.2) is 48.5 Å². The molecular formula is C22H22IN3O5. The van der Waals surface area contributed by atoms with E-state index in [1.165, 1.54) is 29.2 Å². The molecule has 0 aliphatic carbocycles. The first-order chi connectivity index (χ1) is 14.6. The zero-order valence-corrected chi connectivity index (χ0v) is 19.5. The second-order valence-electron chi connectivity index (χ2n) is 7.91. The van der Waals surface area contributed by atoms with Crippen LogP contribution in [0.3, 0.4) is 0 Å². The maximum absolute atomic E-state index is 13.4. The zero-order chi connectivity index (χ0) is 22.9. The minimum Gasteiger partial charge on any atom is -0.321 e. The molecule has 0 radical (unpaired) electrons. The maximum Gasteiger partial charge on any atom is 0.269 e. The molecule has 1 aliphatic rings. The number of nitrogens with zero attached hydrogens (tertiary/aromatic N) is 3. The standard InChI is InChI=1S/C22H22IN3O5/c1-4-22(2,3)25(20(28)14-5-9-17(10-6-14)26(30)31)18-13-19(27)24(21(18)29)16-11-7-15(23)8-12-16/h5-12,18H,4,13H2,1-3H3. The summed E-state index contributed by atoms with van der Waals surface area (Å²) in [5.74, 6) is -1.27. The number of imide groups is 1. The Kier molecular flexibility index (Phi) is 6.44. The van der Waals surface area contributed by atoms with E-state index >= 15 is 0 Å². The van der Waals surface area contributed by atoms with E-state index in [4.69, 9.17) is 0 Å². The molecule has 0 aromatic heterocycles. The molecule has 3 rings (SSSR count). The predicted molar refractivity (Wildman–Crippen MR) is 124 cm³/mol. The topological polar surface area (TPSA) is 101 Å². The van der Waals surface area contributed by atoms with Crippen LogP contribution in [0, 0.1) is 13.7 Å². The summed E-state index contributed by atoms with van der Waals surface area (Å²) in [6, 6.07) is 11.3. The number of benzene rings is 2. The third-order valence-electron chi connectivity index (χ3n) is 5.58. The number of hydrogen-bond acceptors (Lipinski definition) is 5. The number of anilines is 1. The molecule has 1 unspecified atom stereocenters. The zero-order valence-electron chi connectivity index (χ0n) is 17.4. The molecule has 1 fully saturated rings. The Morgan fingerprint density at radius 3 is 2.26 bits per heavy atom. The van der Waals surface area contributed by atoms with Gasteiger partial charge in [-0.2, -0.15) is 0 Å². The highest BCUT2D eigenvalue weighted by atomic mass is 127. The van der Waals surface area contributed by atoms with Gasteiger partial charge in [-0.1, -0.05) is 6.92 Å². The van der Waals surface area contributed by atoms with Gasteiger partial charge in [0.1, 0.15) is 6.04 Å². The van der Waals surface area contributed by atoms with Gasteiger partial charge in [-0.15, -0.1) is 0 Å². The van der Waals surface area contributed by atoms with Gasteiger partial charge in [-0.05, 0) is 79.3 Å². The SMILES string of the molecule is CCC(C)(C)N(C(=O)c1ccc([N+](=O)[O-])cc1)C1CC(=O)N(c2ccc(I)cc2)C1=O. The second-order valence-corrected chi connectivity index (χ2v) is 9.15. The third kappa shape index (κ3) is 4.46. The number of non-ortho nitro benzene ring substituents is 1. The molecular weight excluding hydrogens is 513 g/mol. The highest BCUT2D eigenvalue weighted by molar-refractivity contribution is 14.1. The van der Waals surface area contributed by atoms with E-state index in [-0.39, 0.29) is 23.6 Å². The minimum absolute atomic E-state index is 0.118. The van der Waals surface area contributed by atoms with Gasteiger partial charge < -0.3 is 4.90 Å². The summed E-state index contributed by atoms with van der Waals surface area (Å²) in [4.78, 5) is 52.5. The van der Waals surface area contributed by atoms with Crippen molar-refractivity contribution in [3.05, 3.63) is 67.8 Å². The smallest absolute Gasteiger partial charge is 0.269 e. The van der Waals surface area contributed by atoms with Crippen LogP contribution in [0.2, 0.25) is 0 Å². The first kappa shape index (κ1) is 22.9. The van der Waals surface area contributed by atoms with Gasteiger partial charge in [0, 0.05) is 26.8 Å². The van der Waals surface area contributed by atoms with E-state index in [0.29, 0.717) is 12.1 Å². The van der Waals surface area contributed by atoms with Gasteiger partial charge in [0.15, 0.2) is 0 Å². The van der Waals surface area contributed by atoms with Crippen LogP contribution < -0.4 is 4.90 Å². The Labute approximate surface area is 193 Å².